The molecule has 6 nitrogen and oxygen atoms in total. The number of rotatable bonds is 5. The second kappa shape index (κ2) is 7.23. The van der Waals surface area contributed by atoms with Crippen LogP contribution >= 0.6 is 11.6 Å². The Bertz CT molecular complexity index is 993. The lowest BCUT2D eigenvalue weighted by Crippen LogP contribution is -2.13. The van der Waals surface area contributed by atoms with Crippen LogP contribution in [0.25, 0.3) is 11.3 Å². The molecule has 2 heterocycles. The van der Waals surface area contributed by atoms with Gasteiger partial charge in [-0.15, -0.1) is 0 Å². The molecular weight excluding hydrogens is 326 g/mol. The predicted octanol–water partition coefficient (Wildman–Crippen LogP) is 3.40. The van der Waals surface area contributed by atoms with E-state index < -0.39 is 18.7 Å². The summed E-state index contributed by atoms with van der Waals surface area (Å²) < 4.78 is 32.6. The van der Waals surface area contributed by atoms with Crippen molar-refractivity contribution in [1.29, 1.82) is 0 Å². The summed E-state index contributed by atoms with van der Waals surface area (Å²) >= 11 is 5.80. The minimum absolute atomic E-state index is 0.000603. The number of anilines is 1. The number of benzene rings is 1. The molecule has 2 aromatic heterocycles. The predicted molar refractivity (Wildman–Crippen MR) is 92.8 cm³/mol. The largest absolute Gasteiger partial charge is 0.309 e. The van der Waals surface area contributed by atoms with E-state index in [0.717, 1.165) is 0 Å². The van der Waals surface area contributed by atoms with Gasteiger partial charge in [0.2, 0.25) is 5.91 Å². The van der Waals surface area contributed by atoms with Crippen LogP contribution in [-0.2, 0) is 11.2 Å². The van der Waals surface area contributed by atoms with Crippen molar-refractivity contribution in [2.45, 2.75) is 19.7 Å². The molecule has 0 spiro atoms. The first kappa shape index (κ1) is 11.8. The van der Waals surface area contributed by atoms with E-state index in [9.17, 15) is 4.79 Å². The summed E-state index contributed by atoms with van der Waals surface area (Å²) in [5.41, 5.74) is 1.84. The maximum atomic E-state index is 12.6. The molecule has 0 bridgehead atoms. The van der Waals surface area contributed by atoms with E-state index >= 15 is 0 Å². The van der Waals surface area contributed by atoms with Crippen LogP contribution in [0.5, 0.6) is 0 Å². The lowest BCUT2D eigenvalue weighted by molar-refractivity contribution is -0.116. The number of halogens is 1. The zero-order valence-corrected chi connectivity index (χ0v) is 13.4. The molecule has 0 unspecified atom stereocenters. The molecule has 0 fully saturated rings. The van der Waals surface area contributed by atoms with Gasteiger partial charge in [-0.3, -0.25) is 9.89 Å². The lowest BCUT2D eigenvalue weighted by atomic mass is 10.1. The number of H-pyrrole nitrogens is 1. The second-order valence-corrected chi connectivity index (χ2v) is 5.35. The van der Waals surface area contributed by atoms with Gasteiger partial charge in [0.1, 0.15) is 0 Å². The number of aromatic amines is 1. The first-order valence-electron chi connectivity index (χ1n) is 9.04. The van der Waals surface area contributed by atoms with Crippen molar-refractivity contribution in [3.8, 4) is 11.3 Å². The monoisotopic (exact) mass is 345 g/mol. The topological polar surface area (TPSA) is 83.6 Å². The van der Waals surface area contributed by atoms with Crippen molar-refractivity contribution >= 4 is 23.3 Å². The van der Waals surface area contributed by atoms with E-state index in [-0.39, 0.29) is 11.4 Å². The maximum Gasteiger partial charge on any atom is 0.225 e. The minimum Gasteiger partial charge on any atom is -0.309 e. The molecule has 1 amide bonds. The molecule has 0 aliphatic rings. The number of nitrogens with one attached hydrogen (secondary N) is 2. The molecule has 122 valence electrons. The SMILES string of the molecule is [2H]C([2H])(C(=O)Nc1n[nH]c(-c2ccnnc2)c1C)C([2H])([2H])c1ccc(Cl)cc1. The van der Waals surface area contributed by atoms with Gasteiger partial charge in [-0.2, -0.15) is 15.3 Å². The van der Waals surface area contributed by atoms with E-state index in [4.69, 9.17) is 17.1 Å². The molecule has 1 aromatic carbocycles. The molecule has 3 aromatic rings. The highest BCUT2D eigenvalue weighted by Gasteiger charge is 2.13. The van der Waals surface area contributed by atoms with Gasteiger partial charge >= 0.3 is 0 Å². The van der Waals surface area contributed by atoms with E-state index in [1.54, 1.807) is 13.0 Å². The van der Waals surface area contributed by atoms with Crippen molar-refractivity contribution in [3.05, 3.63) is 58.9 Å². The normalized spacial score (nSPS) is 14.2. The van der Waals surface area contributed by atoms with Crippen molar-refractivity contribution in [1.82, 2.24) is 20.4 Å². The van der Waals surface area contributed by atoms with Gasteiger partial charge in [-0.05, 0) is 37.1 Å². The smallest absolute Gasteiger partial charge is 0.225 e. The Balaban J connectivity index is 1.86. The average molecular weight is 346 g/mol. The summed E-state index contributed by atoms with van der Waals surface area (Å²) in [7, 11) is 0. The summed E-state index contributed by atoms with van der Waals surface area (Å²) in [6, 6.07) is 7.28. The Morgan fingerprint density at radius 1 is 1.29 bits per heavy atom. The van der Waals surface area contributed by atoms with E-state index in [1.807, 2.05) is 0 Å². The number of aryl methyl sites for hydroxylation is 1. The van der Waals surface area contributed by atoms with E-state index in [2.05, 4.69) is 25.7 Å². The highest BCUT2D eigenvalue weighted by Crippen LogP contribution is 2.24. The van der Waals surface area contributed by atoms with Gasteiger partial charge in [0.05, 0.1) is 18.1 Å². The fourth-order valence-corrected chi connectivity index (χ4v) is 2.17. The zero-order valence-electron chi connectivity index (χ0n) is 16.7. The summed E-state index contributed by atoms with van der Waals surface area (Å²) in [5.74, 6) is -1.05. The van der Waals surface area contributed by atoms with Crippen molar-refractivity contribution in [2.24, 2.45) is 0 Å². The number of carbonyl (C=O) groups excluding carboxylic acids is 1. The Morgan fingerprint density at radius 3 is 2.79 bits per heavy atom. The third-order valence-electron chi connectivity index (χ3n) is 3.28. The number of aromatic nitrogens is 4. The standard InChI is InChI=1S/C17H16ClN5O/c1-11-16(13-8-9-19-20-10-13)22-23-17(11)21-15(24)7-4-12-2-5-14(18)6-3-12/h2-3,5-6,8-10H,4,7H2,1H3,(H2,21,22,23,24)/i4D2,7D2. The fraction of sp³-hybridized carbons (Fsp3) is 0.176. The first-order valence-corrected chi connectivity index (χ1v) is 7.42. The number of hydrogen-bond donors (Lipinski definition) is 2. The molecule has 2 N–H and O–H groups in total. The molecule has 3 rings (SSSR count). The third kappa shape index (κ3) is 3.78. The number of carbonyl (C=O) groups is 1. The van der Waals surface area contributed by atoms with Crippen LogP contribution in [0.4, 0.5) is 5.82 Å². The molecular formula is C17H16ClN5O. The van der Waals surface area contributed by atoms with Gasteiger partial charge < -0.3 is 5.32 Å². The Labute approximate surface area is 149 Å². The Hall–Kier alpha value is -2.73. The van der Waals surface area contributed by atoms with Gasteiger partial charge in [0, 0.05) is 28.0 Å². The quantitative estimate of drug-likeness (QED) is 0.742. The molecule has 0 aliphatic heterocycles. The molecule has 0 aliphatic carbocycles. The number of hydrogen-bond acceptors (Lipinski definition) is 4. The van der Waals surface area contributed by atoms with Crippen LogP contribution in [-0.4, -0.2) is 26.3 Å². The van der Waals surface area contributed by atoms with Crippen LogP contribution in [0, 0.1) is 6.92 Å². The molecule has 0 saturated heterocycles. The number of nitrogens with zero attached hydrogens (tertiary/aromatic N) is 3. The van der Waals surface area contributed by atoms with Crippen LogP contribution in [0.1, 0.15) is 23.0 Å². The molecule has 0 saturated carbocycles. The highest BCUT2D eigenvalue weighted by molar-refractivity contribution is 6.30. The molecule has 7 heteroatoms. The maximum absolute atomic E-state index is 12.6. The lowest BCUT2D eigenvalue weighted by Gasteiger charge is -2.04. The van der Waals surface area contributed by atoms with Crippen molar-refractivity contribution < 1.29 is 10.3 Å². The minimum atomic E-state index is -2.87. The van der Waals surface area contributed by atoms with Gasteiger partial charge in [-0.1, -0.05) is 23.7 Å². The fourth-order valence-electron chi connectivity index (χ4n) is 2.04. The summed E-state index contributed by atoms with van der Waals surface area (Å²) in [6.07, 6.45) is -2.44. The second-order valence-electron chi connectivity index (χ2n) is 4.91. The Morgan fingerprint density at radius 2 is 2.08 bits per heavy atom. The van der Waals surface area contributed by atoms with Gasteiger partial charge in [-0.25, -0.2) is 0 Å². The van der Waals surface area contributed by atoms with Crippen molar-refractivity contribution in [2.75, 3.05) is 5.32 Å². The molecule has 0 radical (unpaired) electrons. The zero-order chi connectivity index (χ0) is 20.5. The average Bonchev–Trinajstić information content (AvgIpc) is 3.03. The summed E-state index contributed by atoms with van der Waals surface area (Å²) in [5, 5.41) is 17.0. The Kier molecular flexibility index (Phi) is 3.54. The third-order valence-corrected chi connectivity index (χ3v) is 3.53. The van der Waals surface area contributed by atoms with Crippen LogP contribution in [0.3, 0.4) is 0 Å². The van der Waals surface area contributed by atoms with E-state index in [1.165, 1.54) is 36.7 Å². The molecule has 24 heavy (non-hydrogen) atoms. The van der Waals surface area contributed by atoms with Gasteiger partial charge in [0.15, 0.2) is 5.82 Å². The van der Waals surface area contributed by atoms with Crippen LogP contribution in [0.2, 0.25) is 5.02 Å². The highest BCUT2D eigenvalue weighted by atomic mass is 35.5. The first-order chi connectivity index (χ1) is 13.1. The number of amides is 1. The summed E-state index contributed by atoms with van der Waals surface area (Å²) in [4.78, 5) is 12.6. The molecule has 0 atom stereocenters. The van der Waals surface area contributed by atoms with Crippen LogP contribution in [0.15, 0.2) is 42.7 Å². The summed E-state index contributed by atoms with van der Waals surface area (Å²) in [6.45, 7) is 1.69. The van der Waals surface area contributed by atoms with Crippen LogP contribution < -0.4 is 5.32 Å². The van der Waals surface area contributed by atoms with E-state index in [0.29, 0.717) is 21.8 Å². The van der Waals surface area contributed by atoms with Crippen molar-refractivity contribution in [3.63, 3.8) is 0 Å². The van der Waals surface area contributed by atoms with Gasteiger partial charge in [0.25, 0.3) is 0 Å².